The van der Waals surface area contributed by atoms with Crippen LogP contribution in [0.15, 0.2) is 70.5 Å². The highest BCUT2D eigenvalue weighted by molar-refractivity contribution is 9.11. The zero-order valence-corrected chi connectivity index (χ0v) is 17.4. The molecule has 0 spiro atoms. The second kappa shape index (κ2) is 10.1. The normalized spacial score (nSPS) is 10.3. The molecule has 2 aromatic carbocycles. The van der Waals surface area contributed by atoms with Crippen LogP contribution in [0.5, 0.6) is 5.75 Å². The average molecular weight is 459 g/mol. The van der Waals surface area contributed by atoms with Crippen LogP contribution in [0, 0.1) is 0 Å². The first-order valence-electron chi connectivity index (χ1n) is 8.66. The molecular weight excluding hydrogens is 440 g/mol. The van der Waals surface area contributed by atoms with E-state index < -0.39 is 0 Å². The number of nitrogens with one attached hydrogen (secondary N) is 2. The lowest BCUT2D eigenvalue weighted by molar-refractivity contribution is -0.120. The van der Waals surface area contributed by atoms with Gasteiger partial charge in [-0.1, -0.05) is 42.5 Å². The summed E-state index contributed by atoms with van der Waals surface area (Å²) in [6.45, 7) is 0.780. The number of amides is 2. The first-order chi connectivity index (χ1) is 13.6. The SMILES string of the molecule is O=C(CNC(=O)c1ccc(Br)s1)NCc1cccc(OCc2ccccc2)c1. The Morgan fingerprint density at radius 1 is 0.929 bits per heavy atom. The summed E-state index contributed by atoms with van der Waals surface area (Å²) in [5.41, 5.74) is 2.02. The lowest BCUT2D eigenvalue weighted by Gasteiger charge is -2.09. The van der Waals surface area contributed by atoms with E-state index in [1.165, 1.54) is 11.3 Å². The summed E-state index contributed by atoms with van der Waals surface area (Å²) in [7, 11) is 0. The maximum absolute atomic E-state index is 12.0. The van der Waals surface area contributed by atoms with Crippen LogP contribution in [0.25, 0.3) is 0 Å². The predicted molar refractivity (Wildman–Crippen MR) is 113 cm³/mol. The highest BCUT2D eigenvalue weighted by Gasteiger charge is 2.10. The van der Waals surface area contributed by atoms with Crippen LogP contribution in [0.2, 0.25) is 0 Å². The quantitative estimate of drug-likeness (QED) is 0.532. The Hall–Kier alpha value is -2.64. The zero-order valence-electron chi connectivity index (χ0n) is 15.0. The monoisotopic (exact) mass is 458 g/mol. The number of thiophene rings is 1. The second-order valence-corrected chi connectivity index (χ2v) is 8.45. The maximum Gasteiger partial charge on any atom is 0.261 e. The van der Waals surface area contributed by atoms with Crippen LogP contribution >= 0.6 is 27.3 Å². The molecule has 0 saturated carbocycles. The van der Waals surface area contributed by atoms with E-state index >= 15 is 0 Å². The van der Waals surface area contributed by atoms with Crippen LogP contribution in [-0.4, -0.2) is 18.4 Å². The Morgan fingerprint density at radius 2 is 1.71 bits per heavy atom. The predicted octanol–water partition coefficient (Wildman–Crippen LogP) is 4.14. The van der Waals surface area contributed by atoms with Gasteiger partial charge in [-0.25, -0.2) is 0 Å². The Morgan fingerprint density at radius 3 is 2.46 bits per heavy atom. The molecule has 0 radical (unpaired) electrons. The van der Waals surface area contributed by atoms with E-state index in [0.717, 1.165) is 20.7 Å². The minimum absolute atomic E-state index is 0.0709. The number of carbonyl (C=O) groups excluding carboxylic acids is 2. The zero-order chi connectivity index (χ0) is 19.8. The molecule has 144 valence electrons. The molecule has 0 saturated heterocycles. The molecule has 0 bridgehead atoms. The van der Waals surface area contributed by atoms with E-state index in [-0.39, 0.29) is 18.4 Å². The first-order valence-corrected chi connectivity index (χ1v) is 10.3. The Labute approximate surface area is 175 Å². The van der Waals surface area contributed by atoms with Crippen LogP contribution < -0.4 is 15.4 Å². The van der Waals surface area contributed by atoms with Crippen LogP contribution in [-0.2, 0) is 17.9 Å². The van der Waals surface area contributed by atoms with E-state index in [9.17, 15) is 9.59 Å². The van der Waals surface area contributed by atoms with Gasteiger partial charge in [-0.05, 0) is 51.3 Å². The molecule has 5 nitrogen and oxygen atoms in total. The van der Waals surface area contributed by atoms with Gasteiger partial charge in [-0.2, -0.15) is 0 Å². The van der Waals surface area contributed by atoms with E-state index in [1.807, 2.05) is 54.6 Å². The number of rotatable bonds is 8. The van der Waals surface area contributed by atoms with E-state index in [4.69, 9.17) is 4.74 Å². The van der Waals surface area contributed by atoms with Crippen molar-refractivity contribution >= 4 is 39.1 Å². The molecule has 7 heteroatoms. The van der Waals surface area contributed by atoms with Crippen LogP contribution in [0.3, 0.4) is 0 Å². The van der Waals surface area contributed by atoms with E-state index in [1.54, 1.807) is 12.1 Å². The van der Waals surface area contributed by atoms with Crippen molar-refractivity contribution in [2.75, 3.05) is 6.54 Å². The van der Waals surface area contributed by atoms with Crippen molar-refractivity contribution in [2.45, 2.75) is 13.2 Å². The van der Waals surface area contributed by atoms with Gasteiger partial charge in [0, 0.05) is 6.54 Å². The Balaban J connectivity index is 1.43. The van der Waals surface area contributed by atoms with Gasteiger partial charge in [0.15, 0.2) is 0 Å². The lowest BCUT2D eigenvalue weighted by Crippen LogP contribution is -2.36. The smallest absolute Gasteiger partial charge is 0.261 e. The van der Waals surface area contributed by atoms with Crippen molar-refractivity contribution in [1.29, 1.82) is 0 Å². The minimum Gasteiger partial charge on any atom is -0.489 e. The van der Waals surface area contributed by atoms with Gasteiger partial charge < -0.3 is 15.4 Å². The number of halogens is 1. The lowest BCUT2D eigenvalue weighted by atomic mass is 10.2. The van der Waals surface area contributed by atoms with Crippen LogP contribution in [0.4, 0.5) is 0 Å². The van der Waals surface area contributed by atoms with Crippen molar-refractivity contribution in [2.24, 2.45) is 0 Å². The van der Waals surface area contributed by atoms with Crippen molar-refractivity contribution in [3.63, 3.8) is 0 Å². The third kappa shape index (κ3) is 6.21. The standard InChI is InChI=1S/C21H19BrN2O3S/c22-19-10-9-18(28-19)21(26)24-13-20(25)23-12-16-7-4-8-17(11-16)27-14-15-5-2-1-3-6-15/h1-11H,12-14H2,(H,23,25)(H,24,26). The van der Waals surface area contributed by atoms with Crippen LogP contribution in [0.1, 0.15) is 20.8 Å². The van der Waals surface area contributed by atoms with Gasteiger partial charge in [-0.3, -0.25) is 9.59 Å². The topological polar surface area (TPSA) is 67.4 Å². The summed E-state index contributed by atoms with van der Waals surface area (Å²) in [4.78, 5) is 24.5. The third-order valence-corrected chi connectivity index (χ3v) is 5.47. The molecule has 1 aromatic heterocycles. The molecule has 28 heavy (non-hydrogen) atoms. The molecule has 0 fully saturated rings. The first kappa shape index (κ1) is 20.1. The molecule has 0 aliphatic rings. The number of hydrogen-bond donors (Lipinski definition) is 2. The van der Waals surface area contributed by atoms with Gasteiger partial charge >= 0.3 is 0 Å². The third-order valence-electron chi connectivity index (χ3n) is 3.84. The molecular formula is C21H19BrN2O3S. The fraction of sp³-hybridized carbons (Fsp3) is 0.143. The molecule has 0 unspecified atom stereocenters. The van der Waals surface area contributed by atoms with Crippen molar-refractivity contribution < 1.29 is 14.3 Å². The van der Waals surface area contributed by atoms with E-state index in [0.29, 0.717) is 18.0 Å². The average Bonchev–Trinajstić information content (AvgIpc) is 3.16. The van der Waals surface area contributed by atoms with Gasteiger partial charge in [0.2, 0.25) is 5.91 Å². The molecule has 1 heterocycles. The fourth-order valence-electron chi connectivity index (χ4n) is 2.43. The molecule has 2 N–H and O–H groups in total. The molecule has 3 rings (SSSR count). The van der Waals surface area contributed by atoms with Gasteiger partial charge in [-0.15, -0.1) is 11.3 Å². The number of carbonyl (C=O) groups is 2. The molecule has 3 aromatic rings. The van der Waals surface area contributed by atoms with Crippen molar-refractivity contribution in [3.05, 3.63) is 86.5 Å². The summed E-state index contributed by atoms with van der Waals surface area (Å²) in [5.74, 6) is 0.230. The minimum atomic E-state index is -0.262. The van der Waals surface area contributed by atoms with E-state index in [2.05, 4.69) is 26.6 Å². The fourth-order valence-corrected chi connectivity index (χ4v) is 3.74. The summed E-state index contributed by atoms with van der Waals surface area (Å²) >= 11 is 4.63. The van der Waals surface area contributed by atoms with Gasteiger partial charge in [0.25, 0.3) is 5.91 Å². The van der Waals surface area contributed by atoms with Crippen molar-refractivity contribution in [1.82, 2.24) is 10.6 Å². The molecule has 2 amide bonds. The number of benzene rings is 2. The molecule has 0 aliphatic heterocycles. The number of ether oxygens (including phenoxy) is 1. The second-order valence-electron chi connectivity index (χ2n) is 5.98. The highest BCUT2D eigenvalue weighted by atomic mass is 79.9. The largest absolute Gasteiger partial charge is 0.489 e. The summed E-state index contributed by atoms with van der Waals surface area (Å²) in [5, 5.41) is 5.41. The van der Waals surface area contributed by atoms with Crippen molar-refractivity contribution in [3.8, 4) is 5.75 Å². The summed E-state index contributed by atoms with van der Waals surface area (Å²) in [6.07, 6.45) is 0. The summed E-state index contributed by atoms with van der Waals surface area (Å²) < 4.78 is 6.67. The molecule has 0 aliphatic carbocycles. The summed E-state index contributed by atoms with van der Waals surface area (Å²) in [6, 6.07) is 21.0. The van der Waals surface area contributed by atoms with Gasteiger partial charge in [0.05, 0.1) is 15.2 Å². The van der Waals surface area contributed by atoms with Gasteiger partial charge in [0.1, 0.15) is 12.4 Å². The Kier molecular flexibility index (Phi) is 7.22. The highest BCUT2D eigenvalue weighted by Crippen LogP contribution is 2.21. The molecule has 0 atom stereocenters. The maximum atomic E-state index is 12.0. The Bertz CT molecular complexity index is 944. The number of hydrogen-bond acceptors (Lipinski definition) is 4.